The minimum Gasteiger partial charge on any atom is -0.357 e. The van der Waals surface area contributed by atoms with Crippen molar-refractivity contribution in [3.05, 3.63) is 11.8 Å². The molecule has 1 N–H and O–H groups in total. The predicted octanol–water partition coefficient (Wildman–Crippen LogP) is 2.55. The summed E-state index contributed by atoms with van der Waals surface area (Å²) in [5, 5.41) is 12.0. The summed E-state index contributed by atoms with van der Waals surface area (Å²) in [4.78, 5) is 8.60. The van der Waals surface area contributed by atoms with Crippen molar-refractivity contribution in [1.29, 1.82) is 0 Å². The maximum atomic E-state index is 4.36. The summed E-state index contributed by atoms with van der Waals surface area (Å²) in [6.45, 7) is 1.94. The quantitative estimate of drug-likeness (QED) is 0.684. The van der Waals surface area contributed by atoms with E-state index in [0.717, 1.165) is 19.4 Å². The molecule has 0 amide bonds. The third-order valence-electron chi connectivity index (χ3n) is 1.81. The zero-order valence-electron chi connectivity index (χ0n) is 9.59. The van der Waals surface area contributed by atoms with E-state index in [4.69, 9.17) is 0 Å². The molecule has 0 aliphatic rings. The fourth-order valence-corrected chi connectivity index (χ4v) is 3.56. The highest BCUT2D eigenvalue weighted by Crippen LogP contribution is 2.32. The molecular formula is C9H11N5S3. The normalized spacial score (nSPS) is 10.5. The van der Waals surface area contributed by atoms with E-state index in [2.05, 4.69) is 25.5 Å². The van der Waals surface area contributed by atoms with Crippen LogP contribution in [0.15, 0.2) is 19.8 Å². The van der Waals surface area contributed by atoms with Gasteiger partial charge in [0.1, 0.15) is 5.03 Å². The van der Waals surface area contributed by atoms with Gasteiger partial charge in [0.25, 0.3) is 0 Å². The van der Waals surface area contributed by atoms with E-state index in [1.165, 1.54) is 11.8 Å². The number of hydrogen-bond donors (Lipinski definition) is 1. The first-order valence-corrected chi connectivity index (χ1v) is 7.66. The summed E-state index contributed by atoms with van der Waals surface area (Å²) in [6.07, 6.45) is 1.99. The molecule has 0 aliphatic heterocycles. The monoisotopic (exact) mass is 285 g/mol. The standard InChI is InChI=1S/C9H11N5S3/c1-5-4-6(12-7(10-2)11-5)16-9-14-13-8(15-3)17-9/h4H,1-3H3,(H,10,11,12). The Morgan fingerprint density at radius 3 is 2.65 bits per heavy atom. The molecule has 0 aliphatic carbocycles. The lowest BCUT2D eigenvalue weighted by Crippen LogP contribution is -1.98. The van der Waals surface area contributed by atoms with Gasteiger partial charge < -0.3 is 5.32 Å². The number of nitrogens with one attached hydrogen (secondary N) is 1. The molecule has 0 spiro atoms. The second-order valence-corrected chi connectivity index (χ2v) is 6.36. The van der Waals surface area contributed by atoms with Crippen LogP contribution < -0.4 is 5.32 Å². The molecule has 2 rings (SSSR count). The lowest BCUT2D eigenvalue weighted by atomic mass is 10.5. The number of aryl methyl sites for hydroxylation is 1. The van der Waals surface area contributed by atoms with Crippen LogP contribution in [0.4, 0.5) is 5.95 Å². The van der Waals surface area contributed by atoms with Crippen molar-refractivity contribution in [3.8, 4) is 0 Å². The van der Waals surface area contributed by atoms with Gasteiger partial charge in [-0.25, -0.2) is 9.97 Å². The molecule has 90 valence electrons. The average Bonchev–Trinajstić information content (AvgIpc) is 2.76. The van der Waals surface area contributed by atoms with E-state index >= 15 is 0 Å². The van der Waals surface area contributed by atoms with Crippen molar-refractivity contribution in [3.63, 3.8) is 0 Å². The second-order valence-electron chi connectivity index (χ2n) is 3.06. The number of rotatable bonds is 4. The summed E-state index contributed by atoms with van der Waals surface area (Å²) in [7, 11) is 1.81. The third-order valence-corrected chi connectivity index (χ3v) is 4.68. The molecular weight excluding hydrogens is 274 g/mol. The van der Waals surface area contributed by atoms with Gasteiger partial charge in [0.2, 0.25) is 5.95 Å². The van der Waals surface area contributed by atoms with Crippen molar-refractivity contribution in [2.75, 3.05) is 18.6 Å². The zero-order chi connectivity index (χ0) is 12.3. The Morgan fingerprint density at radius 2 is 2.00 bits per heavy atom. The van der Waals surface area contributed by atoms with Crippen LogP contribution in [0.2, 0.25) is 0 Å². The minimum atomic E-state index is 0.627. The van der Waals surface area contributed by atoms with Crippen LogP contribution in [0.25, 0.3) is 0 Å². The SMILES string of the molecule is CNc1nc(C)cc(Sc2nnc(SC)s2)n1. The van der Waals surface area contributed by atoms with Gasteiger partial charge in [-0.2, -0.15) is 0 Å². The molecule has 0 saturated heterocycles. The highest BCUT2D eigenvalue weighted by Gasteiger charge is 2.08. The summed E-state index contributed by atoms with van der Waals surface area (Å²) in [5.41, 5.74) is 0.932. The van der Waals surface area contributed by atoms with Crippen molar-refractivity contribution in [2.45, 2.75) is 20.6 Å². The first-order valence-electron chi connectivity index (χ1n) is 4.80. The van der Waals surface area contributed by atoms with Crippen LogP contribution in [0.5, 0.6) is 0 Å². The van der Waals surface area contributed by atoms with Gasteiger partial charge in [-0.15, -0.1) is 10.2 Å². The maximum absolute atomic E-state index is 4.36. The number of thioether (sulfide) groups is 1. The Kier molecular flexibility index (Phi) is 4.19. The van der Waals surface area contributed by atoms with Crippen molar-refractivity contribution >= 4 is 40.8 Å². The fraction of sp³-hybridized carbons (Fsp3) is 0.333. The third kappa shape index (κ3) is 3.30. The van der Waals surface area contributed by atoms with Gasteiger partial charge in [0.05, 0.1) is 0 Å². The zero-order valence-corrected chi connectivity index (χ0v) is 12.0. The number of aromatic nitrogens is 4. The summed E-state index contributed by atoms with van der Waals surface area (Å²) in [6, 6.07) is 1.94. The predicted molar refractivity (Wildman–Crippen MR) is 72.1 cm³/mol. The van der Waals surface area contributed by atoms with Crippen LogP contribution in [0.3, 0.4) is 0 Å². The van der Waals surface area contributed by atoms with Gasteiger partial charge in [-0.3, -0.25) is 0 Å². The largest absolute Gasteiger partial charge is 0.357 e. The van der Waals surface area contributed by atoms with E-state index in [9.17, 15) is 0 Å². The van der Waals surface area contributed by atoms with Crippen LogP contribution in [-0.4, -0.2) is 33.5 Å². The Labute approximate surface area is 112 Å². The highest BCUT2D eigenvalue weighted by molar-refractivity contribution is 8.02. The molecule has 0 unspecified atom stereocenters. The Bertz CT molecular complexity index is 513. The molecule has 0 saturated carbocycles. The van der Waals surface area contributed by atoms with Crippen LogP contribution in [0, 0.1) is 6.92 Å². The molecule has 0 fully saturated rings. The number of anilines is 1. The van der Waals surface area contributed by atoms with E-state index < -0.39 is 0 Å². The van der Waals surface area contributed by atoms with Crippen molar-refractivity contribution < 1.29 is 0 Å². The summed E-state index contributed by atoms with van der Waals surface area (Å²) in [5.74, 6) is 0.627. The van der Waals surface area contributed by atoms with Crippen LogP contribution >= 0.6 is 34.9 Å². The van der Waals surface area contributed by atoms with Crippen molar-refractivity contribution in [1.82, 2.24) is 20.2 Å². The Morgan fingerprint density at radius 1 is 1.24 bits per heavy atom. The molecule has 2 heterocycles. The fourth-order valence-electron chi connectivity index (χ4n) is 1.11. The van der Waals surface area contributed by atoms with Crippen molar-refractivity contribution in [2.24, 2.45) is 0 Å². The Balaban J connectivity index is 2.20. The van der Waals surface area contributed by atoms with Gasteiger partial charge in [-0.1, -0.05) is 23.1 Å². The van der Waals surface area contributed by atoms with Gasteiger partial charge in [0.15, 0.2) is 8.68 Å². The molecule has 8 heteroatoms. The van der Waals surface area contributed by atoms with E-state index in [-0.39, 0.29) is 0 Å². The molecule has 5 nitrogen and oxygen atoms in total. The second kappa shape index (κ2) is 5.65. The van der Waals surface area contributed by atoms with Crippen LogP contribution in [0.1, 0.15) is 5.69 Å². The highest BCUT2D eigenvalue weighted by atomic mass is 32.2. The molecule has 0 aromatic carbocycles. The van der Waals surface area contributed by atoms with Gasteiger partial charge in [0, 0.05) is 12.7 Å². The molecule has 17 heavy (non-hydrogen) atoms. The molecule has 0 bridgehead atoms. The topological polar surface area (TPSA) is 63.6 Å². The van der Waals surface area contributed by atoms with E-state index in [1.54, 1.807) is 30.1 Å². The first-order chi connectivity index (χ1) is 8.21. The number of nitrogens with zero attached hydrogens (tertiary/aromatic N) is 4. The minimum absolute atomic E-state index is 0.627. The summed E-state index contributed by atoms with van der Waals surface area (Å²) < 4.78 is 1.86. The molecule has 2 aromatic heterocycles. The van der Waals surface area contributed by atoms with E-state index in [1.807, 2.05) is 19.2 Å². The lowest BCUT2D eigenvalue weighted by molar-refractivity contribution is 0.950. The van der Waals surface area contributed by atoms with Crippen LogP contribution in [-0.2, 0) is 0 Å². The van der Waals surface area contributed by atoms with Gasteiger partial charge >= 0.3 is 0 Å². The average molecular weight is 285 g/mol. The molecule has 0 radical (unpaired) electrons. The number of hydrogen-bond acceptors (Lipinski definition) is 8. The lowest BCUT2D eigenvalue weighted by Gasteiger charge is -2.02. The summed E-state index contributed by atoms with van der Waals surface area (Å²) >= 11 is 4.68. The first kappa shape index (κ1) is 12.6. The van der Waals surface area contributed by atoms with E-state index in [0.29, 0.717) is 5.95 Å². The maximum Gasteiger partial charge on any atom is 0.223 e. The smallest absolute Gasteiger partial charge is 0.223 e. The van der Waals surface area contributed by atoms with Gasteiger partial charge in [-0.05, 0) is 31.0 Å². The molecule has 0 atom stereocenters. The Hall–Kier alpha value is -0.860. The molecule has 2 aromatic rings.